The summed E-state index contributed by atoms with van der Waals surface area (Å²) in [5, 5.41) is 3.99. The highest BCUT2D eigenvalue weighted by Crippen LogP contribution is 2.25. The number of pyridine rings is 1. The van der Waals surface area contributed by atoms with Gasteiger partial charge in [0.2, 0.25) is 11.9 Å². The van der Waals surface area contributed by atoms with E-state index in [-0.39, 0.29) is 28.9 Å². The second kappa shape index (κ2) is 8.80. The van der Waals surface area contributed by atoms with E-state index in [1.165, 1.54) is 18.2 Å². The maximum Gasteiger partial charge on any atom is 0.465 e. The minimum atomic E-state index is -4.64. The number of anilines is 2. The number of rotatable bonds is 7. The van der Waals surface area contributed by atoms with Crippen molar-refractivity contribution >= 4 is 23.6 Å². The van der Waals surface area contributed by atoms with Crippen molar-refractivity contribution in [2.75, 3.05) is 10.6 Å². The number of hydrogen-bond acceptors (Lipinski definition) is 7. The van der Waals surface area contributed by atoms with Gasteiger partial charge in [0.15, 0.2) is 5.82 Å². The number of nitrogens with one attached hydrogen (secondary N) is 2. The highest BCUT2D eigenvalue weighted by molar-refractivity contribution is 7.64. The lowest BCUT2D eigenvalue weighted by molar-refractivity contribution is -0.139. The summed E-state index contributed by atoms with van der Waals surface area (Å²) < 4.78 is 87.6. The van der Waals surface area contributed by atoms with Gasteiger partial charge < -0.3 is 10.6 Å². The average Bonchev–Trinajstić information content (AvgIpc) is 2.60. The molecule has 0 saturated heterocycles. The van der Waals surface area contributed by atoms with Crippen LogP contribution in [0.1, 0.15) is 19.5 Å². The Hall–Kier alpha value is -2.64. The number of hydrogen-bond donors (Lipinski definition) is 2. The first-order valence-electron chi connectivity index (χ1n) is 8.04. The molecule has 0 radical (unpaired) electrons. The third-order valence-electron chi connectivity index (χ3n) is 3.55. The molecule has 0 aromatic carbocycles. The number of alkyl halides is 6. The van der Waals surface area contributed by atoms with Crippen LogP contribution in [0.25, 0.3) is 11.5 Å². The van der Waals surface area contributed by atoms with Crippen molar-refractivity contribution in [1.82, 2.24) is 19.9 Å². The molecule has 2 aromatic rings. The lowest BCUT2D eigenvalue weighted by atomic mass is 10.3. The molecular formula is C15H15F6N6OS+. The lowest BCUT2D eigenvalue weighted by Crippen LogP contribution is -2.35. The van der Waals surface area contributed by atoms with Gasteiger partial charge >= 0.3 is 24.0 Å². The lowest BCUT2D eigenvalue weighted by Gasteiger charge is -2.20. The molecule has 0 aliphatic rings. The Morgan fingerprint density at radius 1 is 0.897 bits per heavy atom. The highest BCUT2D eigenvalue weighted by atomic mass is 32.1. The third-order valence-corrected chi connectivity index (χ3v) is 3.96. The Kier molecular flexibility index (Phi) is 6.87. The zero-order chi connectivity index (χ0) is 21.8. The summed E-state index contributed by atoms with van der Waals surface area (Å²) in [4.78, 5) is 15.3. The molecule has 7 nitrogen and oxygen atoms in total. The number of aromatic nitrogens is 4. The van der Waals surface area contributed by atoms with Crippen molar-refractivity contribution < 1.29 is 30.6 Å². The maximum atomic E-state index is 12.8. The molecule has 2 N–H and O–H groups in total. The van der Waals surface area contributed by atoms with Gasteiger partial charge in [-0.3, -0.25) is 0 Å². The molecule has 14 heteroatoms. The molecule has 29 heavy (non-hydrogen) atoms. The fourth-order valence-electron chi connectivity index (χ4n) is 1.92. The first-order chi connectivity index (χ1) is 13.4. The van der Waals surface area contributed by atoms with Gasteiger partial charge in [-0.25, -0.2) is 4.98 Å². The van der Waals surface area contributed by atoms with Crippen LogP contribution >= 0.6 is 0 Å². The van der Waals surface area contributed by atoms with Crippen LogP contribution in [0.15, 0.2) is 18.2 Å². The van der Waals surface area contributed by atoms with Crippen LogP contribution in [0.3, 0.4) is 0 Å². The first-order valence-corrected chi connectivity index (χ1v) is 8.95. The van der Waals surface area contributed by atoms with E-state index in [4.69, 9.17) is 0 Å². The smallest absolute Gasteiger partial charge is 0.343 e. The quantitative estimate of drug-likeness (QED) is 0.501. The van der Waals surface area contributed by atoms with E-state index < -0.39 is 36.3 Å². The van der Waals surface area contributed by atoms with E-state index in [0.717, 1.165) is 13.8 Å². The zero-order valence-electron chi connectivity index (χ0n) is 15.0. The van der Waals surface area contributed by atoms with Gasteiger partial charge in [0.05, 0.1) is 0 Å². The molecule has 0 unspecified atom stereocenters. The second-order valence-corrected chi connectivity index (χ2v) is 6.42. The Balaban J connectivity index is 2.46. The molecule has 0 fully saturated rings. The van der Waals surface area contributed by atoms with Crippen molar-refractivity contribution in [1.29, 1.82) is 0 Å². The molecule has 0 aliphatic carbocycles. The van der Waals surface area contributed by atoms with Crippen LogP contribution in [-0.2, 0) is 21.6 Å². The topological polar surface area (TPSA) is 92.7 Å². The van der Waals surface area contributed by atoms with Gasteiger partial charge in [0.1, 0.15) is 23.5 Å². The van der Waals surface area contributed by atoms with Gasteiger partial charge in [-0.1, -0.05) is 6.07 Å². The predicted molar refractivity (Wildman–Crippen MR) is 93.1 cm³/mol. The minimum Gasteiger partial charge on any atom is -0.343 e. The molecule has 2 atom stereocenters. The van der Waals surface area contributed by atoms with Crippen LogP contribution in [0.2, 0.25) is 0 Å². The molecule has 0 bridgehead atoms. The molecule has 2 rings (SSSR count). The van der Waals surface area contributed by atoms with Crippen molar-refractivity contribution in [2.24, 2.45) is 0 Å². The minimum absolute atomic E-state index is 0.00531. The Morgan fingerprint density at radius 2 is 1.41 bits per heavy atom. The highest BCUT2D eigenvalue weighted by Gasteiger charge is 2.38. The molecule has 2 heterocycles. The monoisotopic (exact) mass is 441 g/mol. The standard InChI is InChI=1S/C15H15F6N6OS/c1-7(14(16,17)18)22-12-25-11(10-5-3-4-9(24-10)6-29-28)26-13(27-12)23-8(2)15(19,20)21/h3-5,7-8H,6H2,1-2H3,(H2,22,23,25,26,27)/q+1/t7-,8-/m1/s1. The summed E-state index contributed by atoms with van der Waals surface area (Å²) >= 11 is 0.247. The van der Waals surface area contributed by atoms with E-state index in [1.807, 2.05) is 10.6 Å². The van der Waals surface area contributed by atoms with Crippen LogP contribution in [0.4, 0.5) is 38.2 Å². The molecule has 158 valence electrons. The van der Waals surface area contributed by atoms with Crippen molar-refractivity contribution in [3.8, 4) is 11.5 Å². The Bertz CT molecular complexity index is 822. The van der Waals surface area contributed by atoms with Crippen molar-refractivity contribution in [3.63, 3.8) is 0 Å². The average molecular weight is 441 g/mol. The number of nitrogens with zero attached hydrogens (tertiary/aromatic N) is 4. The fourth-order valence-corrected chi connectivity index (χ4v) is 2.20. The van der Waals surface area contributed by atoms with Gasteiger partial charge in [-0.15, -0.1) is 0 Å². The van der Waals surface area contributed by atoms with Gasteiger partial charge in [0, 0.05) is 4.21 Å². The summed E-state index contributed by atoms with van der Waals surface area (Å²) in [6.45, 7) is 1.61. The summed E-state index contributed by atoms with van der Waals surface area (Å²) in [6.07, 6.45) is -9.27. The van der Waals surface area contributed by atoms with E-state index in [2.05, 4.69) is 19.9 Å². The van der Waals surface area contributed by atoms with E-state index >= 15 is 0 Å². The molecule has 0 saturated carbocycles. The van der Waals surface area contributed by atoms with Gasteiger partial charge in [0.25, 0.3) is 5.75 Å². The summed E-state index contributed by atoms with van der Waals surface area (Å²) in [5.41, 5.74) is 0.406. The summed E-state index contributed by atoms with van der Waals surface area (Å²) in [5.74, 6) is -1.42. The third kappa shape index (κ3) is 6.44. The molecule has 0 aliphatic heterocycles. The van der Waals surface area contributed by atoms with Crippen LogP contribution < -0.4 is 10.6 Å². The van der Waals surface area contributed by atoms with Gasteiger partial charge in [-0.05, 0) is 26.0 Å². The normalized spacial score (nSPS) is 14.2. The second-order valence-electron chi connectivity index (χ2n) is 5.90. The number of halogens is 6. The van der Waals surface area contributed by atoms with E-state index in [1.54, 1.807) is 0 Å². The zero-order valence-corrected chi connectivity index (χ0v) is 15.8. The maximum absolute atomic E-state index is 12.8. The molecule has 2 aromatic heterocycles. The van der Waals surface area contributed by atoms with Crippen LogP contribution in [0.5, 0.6) is 0 Å². The summed E-state index contributed by atoms with van der Waals surface area (Å²) in [7, 11) is 0. The molecular weight excluding hydrogens is 426 g/mol. The predicted octanol–water partition coefficient (Wildman–Crippen LogP) is 3.59. The summed E-state index contributed by atoms with van der Waals surface area (Å²) in [6, 6.07) is 0.311. The van der Waals surface area contributed by atoms with E-state index in [0.29, 0.717) is 5.69 Å². The van der Waals surface area contributed by atoms with Gasteiger partial charge in [-0.2, -0.15) is 41.3 Å². The molecule has 0 amide bonds. The van der Waals surface area contributed by atoms with Crippen molar-refractivity contribution in [3.05, 3.63) is 23.9 Å². The van der Waals surface area contributed by atoms with Crippen LogP contribution in [0, 0.1) is 0 Å². The van der Waals surface area contributed by atoms with E-state index in [9.17, 15) is 30.6 Å². The SMILES string of the molecule is C[C@@H](Nc1nc(N[C@H](C)C(F)(F)F)nc(-c2cccc(C[S+]=O)n2)n1)C(F)(F)F. The molecule has 0 spiro atoms. The largest absolute Gasteiger partial charge is 0.465 e. The fraction of sp³-hybridized carbons (Fsp3) is 0.467. The Morgan fingerprint density at radius 3 is 1.86 bits per heavy atom. The Labute approximate surface area is 164 Å². The van der Waals surface area contributed by atoms with Crippen molar-refractivity contribution in [2.45, 2.75) is 44.0 Å². The first kappa shape index (κ1) is 22.6. The van der Waals surface area contributed by atoms with Crippen LogP contribution in [-0.4, -0.2) is 44.4 Å².